The van der Waals surface area contributed by atoms with E-state index in [1.165, 1.54) is 25.9 Å². The molecule has 2 aromatic heterocycles. The topological polar surface area (TPSA) is 54.3 Å². The van der Waals surface area contributed by atoms with E-state index in [9.17, 15) is 4.79 Å². The van der Waals surface area contributed by atoms with E-state index in [1.54, 1.807) is 11.6 Å². The largest absolute Gasteiger partial charge is 0.367 e. The van der Waals surface area contributed by atoms with Crippen LogP contribution in [0, 0.1) is 6.92 Å². The number of hydrogen-bond donors (Lipinski definition) is 0. The summed E-state index contributed by atoms with van der Waals surface area (Å²) in [5.74, 6) is 0.607. The fourth-order valence-electron chi connectivity index (χ4n) is 4.56. The SMILES string of the molecule is Cc1cccc(-c2nc3ccc(N4CCN5CCC4CC5)cc3c(=O)n2C)n1. The molecule has 0 radical (unpaired) electrons. The van der Waals surface area contributed by atoms with Gasteiger partial charge in [0.25, 0.3) is 5.56 Å². The zero-order valence-electron chi connectivity index (χ0n) is 16.4. The highest BCUT2D eigenvalue weighted by atomic mass is 16.1. The van der Waals surface area contributed by atoms with Crippen molar-refractivity contribution in [3.63, 3.8) is 0 Å². The van der Waals surface area contributed by atoms with Gasteiger partial charge < -0.3 is 9.80 Å². The average molecular weight is 375 g/mol. The third kappa shape index (κ3) is 2.88. The molecule has 5 heterocycles. The van der Waals surface area contributed by atoms with Crippen molar-refractivity contribution < 1.29 is 0 Å². The molecule has 3 saturated heterocycles. The van der Waals surface area contributed by atoms with E-state index in [-0.39, 0.29) is 5.56 Å². The summed E-state index contributed by atoms with van der Waals surface area (Å²) >= 11 is 0. The lowest BCUT2D eigenvalue weighted by atomic mass is 10.0. The zero-order chi connectivity index (χ0) is 19.3. The van der Waals surface area contributed by atoms with Crippen LogP contribution in [0.1, 0.15) is 18.5 Å². The summed E-state index contributed by atoms with van der Waals surface area (Å²) < 4.78 is 1.62. The number of benzene rings is 1. The van der Waals surface area contributed by atoms with Crippen LogP contribution in [-0.2, 0) is 7.05 Å². The van der Waals surface area contributed by atoms with Gasteiger partial charge in [0.1, 0.15) is 5.69 Å². The molecule has 3 aliphatic rings. The molecule has 6 heteroatoms. The number of hydrogen-bond acceptors (Lipinski definition) is 5. The highest BCUT2D eigenvalue weighted by Crippen LogP contribution is 2.28. The minimum atomic E-state index is -0.0203. The van der Waals surface area contributed by atoms with E-state index in [4.69, 9.17) is 4.98 Å². The van der Waals surface area contributed by atoms with Crippen LogP contribution in [-0.4, -0.2) is 51.7 Å². The predicted molar refractivity (Wildman–Crippen MR) is 112 cm³/mol. The first-order valence-corrected chi connectivity index (χ1v) is 10.0. The quantitative estimate of drug-likeness (QED) is 0.689. The lowest BCUT2D eigenvalue weighted by molar-refractivity contribution is 0.250. The molecule has 0 saturated carbocycles. The molecule has 144 valence electrons. The number of anilines is 1. The van der Waals surface area contributed by atoms with Crippen molar-refractivity contribution in [1.29, 1.82) is 0 Å². The van der Waals surface area contributed by atoms with Gasteiger partial charge in [0, 0.05) is 50.6 Å². The Kier molecular flexibility index (Phi) is 4.16. The van der Waals surface area contributed by atoms with Gasteiger partial charge in [-0.05, 0) is 50.1 Å². The number of piperidine rings is 1. The van der Waals surface area contributed by atoms with Crippen molar-refractivity contribution in [3.05, 3.63) is 52.4 Å². The first-order chi connectivity index (χ1) is 13.6. The lowest BCUT2D eigenvalue weighted by Gasteiger charge is -2.33. The molecule has 0 amide bonds. The molecule has 3 aromatic rings. The summed E-state index contributed by atoms with van der Waals surface area (Å²) in [7, 11) is 1.78. The summed E-state index contributed by atoms with van der Waals surface area (Å²) in [6.07, 6.45) is 2.40. The van der Waals surface area contributed by atoms with Crippen molar-refractivity contribution >= 4 is 16.6 Å². The summed E-state index contributed by atoms with van der Waals surface area (Å²) in [6, 6.07) is 12.5. The Labute approximate surface area is 164 Å². The normalized spacial score (nSPS) is 21.9. The lowest BCUT2D eigenvalue weighted by Crippen LogP contribution is -2.38. The summed E-state index contributed by atoms with van der Waals surface area (Å²) in [5, 5.41) is 0.676. The number of rotatable bonds is 2. The van der Waals surface area contributed by atoms with Crippen LogP contribution in [0.5, 0.6) is 0 Å². The molecule has 0 aliphatic carbocycles. The highest BCUT2D eigenvalue weighted by Gasteiger charge is 2.29. The second-order valence-corrected chi connectivity index (χ2v) is 7.93. The van der Waals surface area contributed by atoms with Crippen molar-refractivity contribution in [3.8, 4) is 11.5 Å². The predicted octanol–water partition coefficient (Wildman–Crippen LogP) is 2.59. The van der Waals surface area contributed by atoms with Gasteiger partial charge in [-0.1, -0.05) is 6.07 Å². The zero-order valence-corrected chi connectivity index (χ0v) is 16.4. The Morgan fingerprint density at radius 1 is 1.00 bits per heavy atom. The molecule has 3 fully saturated rings. The van der Waals surface area contributed by atoms with Crippen molar-refractivity contribution in [2.45, 2.75) is 25.8 Å². The van der Waals surface area contributed by atoms with Crippen molar-refractivity contribution in [1.82, 2.24) is 19.4 Å². The van der Waals surface area contributed by atoms with Gasteiger partial charge in [0.2, 0.25) is 0 Å². The standard InChI is InChI=1S/C22H25N5O/c1-15-4-3-5-20(23-15)21-24-19-7-6-17(14-18(19)22(28)25(21)2)27-13-12-26-10-8-16(27)9-11-26/h3-7,14,16H,8-13H2,1-2H3. The Morgan fingerprint density at radius 3 is 2.61 bits per heavy atom. The van der Waals surface area contributed by atoms with Crippen molar-refractivity contribution in [2.24, 2.45) is 7.05 Å². The Hall–Kier alpha value is -2.73. The van der Waals surface area contributed by atoms with Crippen LogP contribution in [0.15, 0.2) is 41.2 Å². The van der Waals surface area contributed by atoms with E-state index in [2.05, 4.69) is 20.9 Å². The molecule has 1 aromatic carbocycles. The maximum Gasteiger partial charge on any atom is 0.261 e. The first kappa shape index (κ1) is 17.4. The van der Waals surface area contributed by atoms with E-state index < -0.39 is 0 Å². The smallest absolute Gasteiger partial charge is 0.261 e. The van der Waals surface area contributed by atoms with Gasteiger partial charge in [0.05, 0.1) is 10.9 Å². The fraction of sp³-hybridized carbons (Fsp3) is 0.409. The van der Waals surface area contributed by atoms with E-state index in [0.29, 0.717) is 17.3 Å². The van der Waals surface area contributed by atoms with Crippen molar-refractivity contribution in [2.75, 3.05) is 31.1 Å². The number of pyridine rings is 1. The Balaban J connectivity index is 1.60. The Bertz CT molecular complexity index is 1100. The molecule has 28 heavy (non-hydrogen) atoms. The van der Waals surface area contributed by atoms with Crippen LogP contribution in [0.2, 0.25) is 0 Å². The first-order valence-electron chi connectivity index (χ1n) is 10.0. The van der Waals surface area contributed by atoms with Gasteiger partial charge in [-0.3, -0.25) is 9.36 Å². The molecular weight excluding hydrogens is 350 g/mol. The monoisotopic (exact) mass is 375 g/mol. The molecule has 6 nitrogen and oxygen atoms in total. The molecule has 0 atom stereocenters. The molecule has 0 unspecified atom stereocenters. The van der Waals surface area contributed by atoms with Crippen LogP contribution < -0.4 is 10.5 Å². The summed E-state index contributed by atoms with van der Waals surface area (Å²) in [4.78, 5) is 27.5. The molecule has 3 aliphatic heterocycles. The Morgan fingerprint density at radius 2 is 1.82 bits per heavy atom. The number of fused-ring (bicyclic) bond motifs is 5. The minimum Gasteiger partial charge on any atom is -0.367 e. The van der Waals surface area contributed by atoms with Gasteiger partial charge in [-0.2, -0.15) is 0 Å². The molecule has 0 spiro atoms. The maximum absolute atomic E-state index is 13.1. The molecule has 6 rings (SSSR count). The van der Waals surface area contributed by atoms with Crippen LogP contribution in [0.3, 0.4) is 0 Å². The van der Waals surface area contributed by atoms with Gasteiger partial charge in [-0.25, -0.2) is 9.97 Å². The van der Waals surface area contributed by atoms with Gasteiger partial charge in [-0.15, -0.1) is 0 Å². The minimum absolute atomic E-state index is 0.0203. The average Bonchev–Trinajstić information content (AvgIpc) is 3.04. The number of aryl methyl sites for hydroxylation is 1. The van der Waals surface area contributed by atoms with E-state index in [0.717, 1.165) is 35.7 Å². The van der Waals surface area contributed by atoms with Gasteiger partial charge >= 0.3 is 0 Å². The molecule has 0 N–H and O–H groups in total. The van der Waals surface area contributed by atoms with Gasteiger partial charge in [0.15, 0.2) is 5.82 Å². The fourth-order valence-corrected chi connectivity index (χ4v) is 4.56. The second-order valence-electron chi connectivity index (χ2n) is 7.93. The highest BCUT2D eigenvalue weighted by molar-refractivity contribution is 5.83. The number of nitrogens with zero attached hydrogens (tertiary/aromatic N) is 5. The van der Waals surface area contributed by atoms with Crippen LogP contribution in [0.4, 0.5) is 5.69 Å². The maximum atomic E-state index is 13.1. The third-order valence-electron chi connectivity index (χ3n) is 6.16. The number of aromatic nitrogens is 3. The second kappa shape index (κ2) is 6.71. The molecular formula is C22H25N5O. The van der Waals surface area contributed by atoms with Crippen LogP contribution in [0.25, 0.3) is 22.4 Å². The van der Waals surface area contributed by atoms with E-state index >= 15 is 0 Å². The summed E-state index contributed by atoms with van der Waals surface area (Å²) in [5.41, 5.74) is 3.49. The van der Waals surface area contributed by atoms with E-state index in [1.807, 2.05) is 37.3 Å². The third-order valence-corrected chi connectivity index (χ3v) is 6.16. The molecule has 2 bridgehead atoms. The summed E-state index contributed by atoms with van der Waals surface area (Å²) in [6.45, 7) is 6.44. The van der Waals surface area contributed by atoms with Crippen LogP contribution >= 0.6 is 0 Å².